The van der Waals surface area contributed by atoms with E-state index in [1.54, 1.807) is 0 Å². The van der Waals surface area contributed by atoms with Crippen LogP contribution in [-0.4, -0.2) is 43.6 Å². The molecule has 7 heteroatoms. The van der Waals surface area contributed by atoms with Crippen LogP contribution >= 0.6 is 0 Å². The molecule has 6 rings (SSSR count). The predicted octanol–water partition coefficient (Wildman–Crippen LogP) is 4.02. The first-order valence-electron chi connectivity index (χ1n) is 12.9. The minimum absolute atomic E-state index is 0.0453. The van der Waals surface area contributed by atoms with Crippen molar-refractivity contribution in [1.29, 1.82) is 0 Å². The summed E-state index contributed by atoms with van der Waals surface area (Å²) in [4.78, 5) is 20.9. The van der Waals surface area contributed by atoms with E-state index in [9.17, 15) is 10.0 Å². The monoisotopic (exact) mass is 449 g/mol. The molecule has 2 aliphatic heterocycles. The second-order valence-electron chi connectivity index (χ2n) is 10.9. The lowest BCUT2D eigenvalue weighted by atomic mass is 9.68. The number of hydrogen-bond acceptors (Lipinski definition) is 5. The third kappa shape index (κ3) is 3.65. The maximum atomic E-state index is 13.5. The normalized spacial score (nSPS) is 35.0. The van der Waals surface area contributed by atoms with E-state index in [-0.39, 0.29) is 23.1 Å². The first-order chi connectivity index (χ1) is 16.1. The number of nitrogens with zero attached hydrogens (tertiary/aromatic N) is 4. The van der Waals surface area contributed by atoms with Gasteiger partial charge in [-0.25, -0.2) is 4.98 Å². The summed E-state index contributed by atoms with van der Waals surface area (Å²) >= 11 is 0. The van der Waals surface area contributed by atoms with E-state index in [1.807, 2.05) is 28.8 Å². The van der Waals surface area contributed by atoms with Gasteiger partial charge in [0.05, 0.1) is 11.0 Å². The maximum absolute atomic E-state index is 13.5. The summed E-state index contributed by atoms with van der Waals surface area (Å²) in [5.41, 5.74) is 7.22. The number of aromatic nitrogens is 2. The van der Waals surface area contributed by atoms with Crippen molar-refractivity contribution in [3.8, 4) is 0 Å². The van der Waals surface area contributed by atoms with Crippen LogP contribution in [0.1, 0.15) is 82.4 Å². The summed E-state index contributed by atoms with van der Waals surface area (Å²) in [7, 11) is 0. The molecule has 1 aromatic carbocycles. The predicted molar refractivity (Wildman–Crippen MR) is 129 cm³/mol. The smallest absolute Gasteiger partial charge is 0.281 e. The van der Waals surface area contributed by atoms with Gasteiger partial charge in [0.1, 0.15) is 0 Å². The molecule has 33 heavy (non-hydrogen) atoms. The van der Waals surface area contributed by atoms with Gasteiger partial charge in [-0.2, -0.15) is 0 Å². The van der Waals surface area contributed by atoms with Gasteiger partial charge in [-0.1, -0.05) is 43.0 Å². The zero-order valence-corrected chi connectivity index (χ0v) is 19.3. The van der Waals surface area contributed by atoms with Gasteiger partial charge in [-0.05, 0) is 68.9 Å². The number of fused-ring (bicyclic) bond motifs is 5. The van der Waals surface area contributed by atoms with Crippen molar-refractivity contribution in [3.05, 3.63) is 40.3 Å². The van der Waals surface area contributed by atoms with Crippen LogP contribution in [-0.2, 0) is 0 Å². The lowest BCUT2D eigenvalue weighted by Gasteiger charge is -2.55. The lowest BCUT2D eigenvalue weighted by molar-refractivity contribution is -0.0485. The molecule has 176 valence electrons. The quantitative estimate of drug-likeness (QED) is 0.319. The van der Waals surface area contributed by atoms with Crippen LogP contribution in [0.25, 0.3) is 11.0 Å². The fraction of sp³-hybridized carbons (Fsp3) is 0.654. The molecule has 2 saturated carbocycles. The number of oxime groups is 1. The number of para-hydroxylation sites is 2. The highest BCUT2D eigenvalue weighted by atomic mass is 16.4. The van der Waals surface area contributed by atoms with Crippen LogP contribution in [0.15, 0.2) is 34.2 Å². The van der Waals surface area contributed by atoms with E-state index in [4.69, 9.17) is 5.73 Å². The molecular formula is C26H35N5O2. The van der Waals surface area contributed by atoms with Gasteiger partial charge in [0.15, 0.2) is 11.5 Å². The number of benzene rings is 1. The Morgan fingerprint density at radius 2 is 1.58 bits per heavy atom. The molecule has 5 atom stereocenters. The molecule has 2 aliphatic carbocycles. The lowest BCUT2D eigenvalue weighted by Crippen LogP contribution is -2.58. The van der Waals surface area contributed by atoms with Gasteiger partial charge in [0.2, 0.25) is 0 Å². The van der Waals surface area contributed by atoms with Crippen molar-refractivity contribution in [2.75, 3.05) is 0 Å². The minimum Gasteiger partial charge on any atom is -0.409 e. The van der Waals surface area contributed by atoms with Gasteiger partial charge in [0, 0.05) is 24.2 Å². The average Bonchev–Trinajstić information content (AvgIpc) is 2.82. The van der Waals surface area contributed by atoms with Crippen molar-refractivity contribution in [3.63, 3.8) is 0 Å². The van der Waals surface area contributed by atoms with E-state index in [0.717, 1.165) is 36.2 Å². The molecule has 0 spiro atoms. The SMILES string of the molecule is NC(=NO)c1nc2ccccc2n([C@H]2C[C@H]3CCC[C@@H](C2)N3C2CC3CCCC(C3)C2)c1=O. The fourth-order valence-electron chi connectivity index (χ4n) is 7.87. The largest absolute Gasteiger partial charge is 0.409 e. The molecule has 7 nitrogen and oxygen atoms in total. The van der Waals surface area contributed by atoms with Crippen molar-refractivity contribution < 1.29 is 5.21 Å². The number of amidine groups is 1. The summed E-state index contributed by atoms with van der Waals surface area (Å²) in [6, 6.07) is 9.67. The highest BCUT2D eigenvalue weighted by Gasteiger charge is 2.45. The summed E-state index contributed by atoms with van der Waals surface area (Å²) in [5, 5.41) is 12.3. The fourth-order valence-corrected chi connectivity index (χ4v) is 7.87. The van der Waals surface area contributed by atoms with Gasteiger partial charge in [-0.15, -0.1) is 0 Å². The third-order valence-corrected chi connectivity index (χ3v) is 9.04. The van der Waals surface area contributed by atoms with Crippen molar-refractivity contribution in [2.45, 2.75) is 94.8 Å². The van der Waals surface area contributed by atoms with Crippen LogP contribution in [0.2, 0.25) is 0 Å². The third-order valence-electron chi connectivity index (χ3n) is 9.04. The molecule has 2 aromatic rings. The topological polar surface area (TPSA) is 96.7 Å². The molecule has 0 radical (unpaired) electrons. The molecule has 2 unspecified atom stereocenters. The minimum atomic E-state index is -0.243. The number of hydrogen-bond donors (Lipinski definition) is 2. The van der Waals surface area contributed by atoms with E-state index in [1.165, 1.54) is 57.8 Å². The Bertz CT molecular complexity index is 1100. The van der Waals surface area contributed by atoms with Crippen LogP contribution in [0.3, 0.4) is 0 Å². The second-order valence-corrected chi connectivity index (χ2v) is 10.9. The molecule has 4 fully saturated rings. The van der Waals surface area contributed by atoms with Gasteiger partial charge >= 0.3 is 0 Å². The highest BCUT2D eigenvalue weighted by Crippen LogP contribution is 2.47. The van der Waals surface area contributed by atoms with Crippen molar-refractivity contribution in [1.82, 2.24) is 14.5 Å². The number of rotatable bonds is 3. The van der Waals surface area contributed by atoms with Crippen molar-refractivity contribution in [2.24, 2.45) is 22.7 Å². The Hall–Kier alpha value is -2.41. The summed E-state index contributed by atoms with van der Waals surface area (Å²) in [5.74, 6) is 1.64. The first kappa shape index (κ1) is 21.1. The molecule has 4 bridgehead atoms. The van der Waals surface area contributed by atoms with Gasteiger partial charge in [0.25, 0.3) is 5.56 Å². The molecule has 0 amide bonds. The zero-order chi connectivity index (χ0) is 22.5. The van der Waals surface area contributed by atoms with E-state index >= 15 is 0 Å². The van der Waals surface area contributed by atoms with E-state index in [2.05, 4.69) is 15.0 Å². The molecular weight excluding hydrogens is 414 g/mol. The van der Waals surface area contributed by atoms with E-state index < -0.39 is 0 Å². The van der Waals surface area contributed by atoms with Crippen LogP contribution in [0.4, 0.5) is 0 Å². The Labute approximate surface area is 194 Å². The Morgan fingerprint density at radius 1 is 0.909 bits per heavy atom. The van der Waals surface area contributed by atoms with E-state index in [0.29, 0.717) is 17.6 Å². The summed E-state index contributed by atoms with van der Waals surface area (Å²) < 4.78 is 1.91. The Balaban J connectivity index is 1.35. The van der Waals surface area contributed by atoms with Gasteiger partial charge < -0.3 is 15.5 Å². The first-order valence-corrected chi connectivity index (χ1v) is 12.9. The summed E-state index contributed by atoms with van der Waals surface area (Å²) in [6.45, 7) is 0. The number of piperidine rings is 2. The Morgan fingerprint density at radius 3 is 2.27 bits per heavy atom. The average molecular weight is 450 g/mol. The molecule has 3 N–H and O–H groups in total. The molecule has 4 aliphatic rings. The zero-order valence-electron chi connectivity index (χ0n) is 19.3. The maximum Gasteiger partial charge on any atom is 0.281 e. The molecule has 2 saturated heterocycles. The Kier molecular flexibility index (Phi) is 5.40. The second kappa shape index (κ2) is 8.42. The molecule has 3 heterocycles. The van der Waals surface area contributed by atoms with Crippen LogP contribution in [0.5, 0.6) is 0 Å². The van der Waals surface area contributed by atoms with Crippen molar-refractivity contribution >= 4 is 16.9 Å². The standard InChI is InChI=1S/C26H35N5O2/c27-25(29-33)24-26(32)31(23-10-2-1-9-22(23)28-24)21-14-18-7-4-8-19(15-21)30(18)20-12-16-5-3-6-17(11-16)13-20/h1-2,9-10,16-21,33H,3-8,11-15H2,(H2,27,29)/t16?,17?,18-,19+,20?,21+. The van der Waals surface area contributed by atoms with Crippen LogP contribution < -0.4 is 11.3 Å². The summed E-state index contributed by atoms with van der Waals surface area (Å²) in [6.07, 6.45) is 14.2. The molecule has 1 aromatic heterocycles. The highest BCUT2D eigenvalue weighted by molar-refractivity contribution is 5.96. The van der Waals surface area contributed by atoms with Gasteiger partial charge in [-0.3, -0.25) is 9.69 Å². The number of nitrogens with two attached hydrogens (primary N) is 1. The van der Waals surface area contributed by atoms with Crippen LogP contribution in [0, 0.1) is 11.8 Å².